The first-order chi connectivity index (χ1) is 14.6. The Morgan fingerprint density at radius 2 is 1.74 bits per heavy atom. The van der Waals surface area contributed by atoms with Gasteiger partial charge >= 0.3 is 0 Å². The van der Waals surface area contributed by atoms with Crippen LogP contribution in [0.3, 0.4) is 0 Å². The molecule has 2 amide bonds. The molecular weight excluding hydrogens is 428 g/mol. The first-order valence-corrected chi connectivity index (χ1v) is 12.1. The fourth-order valence-corrected chi connectivity index (χ4v) is 4.27. The molecule has 2 aromatic rings. The van der Waals surface area contributed by atoms with Gasteiger partial charge in [0.15, 0.2) is 0 Å². The minimum atomic E-state index is -0.553. The van der Waals surface area contributed by atoms with Gasteiger partial charge in [-0.2, -0.15) is 0 Å². The van der Waals surface area contributed by atoms with Gasteiger partial charge in [-0.05, 0) is 51.3 Å². The van der Waals surface area contributed by atoms with Gasteiger partial charge in [0.05, 0.1) is 5.75 Å². The predicted molar refractivity (Wildman–Crippen MR) is 131 cm³/mol. The number of hydrogen-bond donors (Lipinski definition) is 1. The van der Waals surface area contributed by atoms with Gasteiger partial charge in [-0.25, -0.2) is 0 Å². The Hall–Kier alpha value is -1.98. The summed E-state index contributed by atoms with van der Waals surface area (Å²) in [7, 11) is 0. The molecule has 1 atom stereocenters. The maximum absolute atomic E-state index is 13.3. The molecule has 0 radical (unpaired) electrons. The van der Waals surface area contributed by atoms with Gasteiger partial charge in [-0.1, -0.05) is 66.6 Å². The average molecular weight is 461 g/mol. The van der Waals surface area contributed by atoms with Crippen molar-refractivity contribution in [3.63, 3.8) is 0 Å². The molecule has 2 rings (SSSR count). The molecule has 0 aliphatic rings. The van der Waals surface area contributed by atoms with Gasteiger partial charge in [0.1, 0.15) is 6.04 Å². The van der Waals surface area contributed by atoms with E-state index in [1.54, 1.807) is 16.7 Å². The van der Waals surface area contributed by atoms with Crippen LogP contribution in [0.2, 0.25) is 5.02 Å². The van der Waals surface area contributed by atoms with Crippen molar-refractivity contribution < 1.29 is 9.59 Å². The van der Waals surface area contributed by atoms with Crippen LogP contribution in [0, 0.1) is 6.92 Å². The summed E-state index contributed by atoms with van der Waals surface area (Å²) in [4.78, 5) is 27.9. The summed E-state index contributed by atoms with van der Waals surface area (Å²) in [6.45, 7) is 10.1. The second kappa shape index (κ2) is 11.6. The zero-order valence-electron chi connectivity index (χ0n) is 19.1. The van der Waals surface area contributed by atoms with E-state index < -0.39 is 6.04 Å². The number of hydrogen-bond acceptors (Lipinski definition) is 3. The first kappa shape index (κ1) is 25.3. The van der Waals surface area contributed by atoms with Gasteiger partial charge in [0.25, 0.3) is 0 Å². The molecule has 4 nitrogen and oxygen atoms in total. The van der Waals surface area contributed by atoms with Crippen molar-refractivity contribution >= 4 is 35.2 Å². The van der Waals surface area contributed by atoms with E-state index in [-0.39, 0.29) is 17.4 Å². The molecule has 0 saturated heterocycles. The summed E-state index contributed by atoms with van der Waals surface area (Å²) >= 11 is 7.92. The molecule has 6 heteroatoms. The molecule has 31 heavy (non-hydrogen) atoms. The van der Waals surface area contributed by atoms with Crippen molar-refractivity contribution in [2.24, 2.45) is 0 Å². The lowest BCUT2D eigenvalue weighted by Gasteiger charge is -2.33. The van der Waals surface area contributed by atoms with Crippen molar-refractivity contribution in [1.29, 1.82) is 0 Å². The van der Waals surface area contributed by atoms with Gasteiger partial charge in [0, 0.05) is 22.9 Å². The number of aryl methyl sites for hydroxylation is 1. The highest BCUT2D eigenvalue weighted by Gasteiger charge is 2.30. The topological polar surface area (TPSA) is 49.4 Å². The minimum absolute atomic E-state index is 0.0621. The molecule has 0 heterocycles. The Bertz CT molecular complexity index is 878. The number of benzene rings is 2. The highest BCUT2D eigenvalue weighted by atomic mass is 35.5. The lowest BCUT2D eigenvalue weighted by atomic mass is 10.1. The van der Waals surface area contributed by atoms with Crippen molar-refractivity contribution in [2.45, 2.75) is 64.9 Å². The normalized spacial score (nSPS) is 12.3. The van der Waals surface area contributed by atoms with Crippen LogP contribution in [-0.2, 0) is 21.9 Å². The van der Waals surface area contributed by atoms with Crippen LogP contribution in [0.1, 0.15) is 50.8 Å². The minimum Gasteiger partial charge on any atom is -0.350 e. The number of rotatable bonds is 9. The van der Waals surface area contributed by atoms with Crippen molar-refractivity contribution in [1.82, 2.24) is 10.2 Å². The number of thioether (sulfide) groups is 1. The number of halogens is 1. The van der Waals surface area contributed by atoms with Crippen LogP contribution < -0.4 is 5.32 Å². The van der Waals surface area contributed by atoms with Crippen LogP contribution in [-0.4, -0.2) is 34.0 Å². The fraction of sp³-hybridized carbons (Fsp3) is 0.440. The molecule has 0 aliphatic heterocycles. The average Bonchev–Trinajstić information content (AvgIpc) is 2.69. The molecule has 0 bridgehead atoms. The zero-order chi connectivity index (χ0) is 23.0. The summed E-state index contributed by atoms with van der Waals surface area (Å²) in [6, 6.07) is 15.2. The summed E-state index contributed by atoms with van der Waals surface area (Å²) in [5, 5.41) is 3.62. The van der Waals surface area contributed by atoms with Crippen LogP contribution in [0.15, 0.2) is 48.5 Å². The van der Waals surface area contributed by atoms with Crippen LogP contribution in [0.25, 0.3) is 0 Å². The van der Waals surface area contributed by atoms with E-state index in [1.807, 2.05) is 52.0 Å². The number of nitrogens with zero attached hydrogens (tertiary/aromatic N) is 1. The largest absolute Gasteiger partial charge is 0.350 e. The Balaban J connectivity index is 2.16. The zero-order valence-corrected chi connectivity index (χ0v) is 20.6. The van der Waals surface area contributed by atoms with Crippen LogP contribution >= 0.6 is 23.4 Å². The van der Waals surface area contributed by atoms with Crippen LogP contribution in [0.4, 0.5) is 0 Å². The molecular formula is C25H33ClN2O2S. The van der Waals surface area contributed by atoms with Gasteiger partial charge in [0.2, 0.25) is 11.8 Å². The van der Waals surface area contributed by atoms with Gasteiger partial charge in [-0.15, -0.1) is 11.8 Å². The van der Waals surface area contributed by atoms with Gasteiger partial charge in [-0.3, -0.25) is 9.59 Å². The number of carbonyl (C=O) groups is 2. The van der Waals surface area contributed by atoms with Crippen LogP contribution in [0.5, 0.6) is 0 Å². The van der Waals surface area contributed by atoms with E-state index in [0.717, 1.165) is 11.3 Å². The number of nitrogens with one attached hydrogen (secondary N) is 1. The van der Waals surface area contributed by atoms with E-state index in [0.29, 0.717) is 23.7 Å². The third-order valence-electron chi connectivity index (χ3n) is 4.80. The van der Waals surface area contributed by atoms with E-state index >= 15 is 0 Å². The monoisotopic (exact) mass is 460 g/mol. The standard InChI is InChI=1S/C25H33ClN2O2S/c1-6-22(24(30)27-25(3,4)5)28(15-20-9-7-8-10-21(20)26)23(29)17-31-16-19-13-11-18(2)12-14-19/h7-14,22H,6,15-17H2,1-5H3,(H,27,30)/t22-/m1/s1. The Morgan fingerprint density at radius 1 is 1.10 bits per heavy atom. The van der Waals surface area contributed by atoms with E-state index in [1.165, 1.54) is 11.1 Å². The quantitative estimate of drug-likeness (QED) is 0.529. The number of carbonyl (C=O) groups excluding carboxylic acids is 2. The van der Waals surface area contributed by atoms with Crippen molar-refractivity contribution in [2.75, 3.05) is 5.75 Å². The molecule has 1 N–H and O–H groups in total. The summed E-state index contributed by atoms with van der Waals surface area (Å²) < 4.78 is 0. The second-order valence-electron chi connectivity index (χ2n) is 8.75. The van der Waals surface area contributed by atoms with E-state index in [9.17, 15) is 9.59 Å². The second-order valence-corrected chi connectivity index (χ2v) is 10.1. The third-order valence-corrected chi connectivity index (χ3v) is 6.15. The molecule has 0 unspecified atom stereocenters. The molecule has 0 aromatic heterocycles. The molecule has 0 fully saturated rings. The van der Waals surface area contributed by atoms with E-state index in [2.05, 4.69) is 36.5 Å². The molecule has 0 aliphatic carbocycles. The maximum atomic E-state index is 13.3. The highest BCUT2D eigenvalue weighted by Crippen LogP contribution is 2.22. The Kier molecular flexibility index (Phi) is 9.45. The number of amides is 2. The molecule has 168 valence electrons. The SMILES string of the molecule is CC[C@H](C(=O)NC(C)(C)C)N(Cc1ccccc1Cl)C(=O)CSCc1ccc(C)cc1. The maximum Gasteiger partial charge on any atom is 0.243 e. The lowest BCUT2D eigenvalue weighted by Crippen LogP contribution is -2.53. The summed E-state index contributed by atoms with van der Waals surface area (Å²) in [5.41, 5.74) is 2.86. The van der Waals surface area contributed by atoms with Gasteiger partial charge < -0.3 is 10.2 Å². The summed E-state index contributed by atoms with van der Waals surface area (Å²) in [6.07, 6.45) is 0.529. The van der Waals surface area contributed by atoms with E-state index in [4.69, 9.17) is 11.6 Å². The van der Waals surface area contributed by atoms with Crippen molar-refractivity contribution in [3.05, 3.63) is 70.2 Å². The Morgan fingerprint density at radius 3 is 2.32 bits per heavy atom. The third kappa shape index (κ3) is 8.23. The predicted octanol–water partition coefficient (Wildman–Crippen LogP) is 5.60. The smallest absolute Gasteiger partial charge is 0.243 e. The highest BCUT2D eigenvalue weighted by molar-refractivity contribution is 7.99. The molecule has 0 spiro atoms. The lowest BCUT2D eigenvalue weighted by molar-refractivity contribution is -0.140. The molecule has 2 aromatic carbocycles. The van der Waals surface area contributed by atoms with Crippen molar-refractivity contribution in [3.8, 4) is 0 Å². The first-order valence-electron chi connectivity index (χ1n) is 10.6. The Labute approximate surface area is 195 Å². The summed E-state index contributed by atoms with van der Waals surface area (Å²) in [5.74, 6) is 0.848. The fourth-order valence-electron chi connectivity index (χ4n) is 3.21. The molecule has 0 saturated carbocycles.